The lowest BCUT2D eigenvalue weighted by Gasteiger charge is -2.10. The average molecular weight is 272 g/mol. The first-order valence-corrected chi connectivity index (χ1v) is 6.63. The summed E-state index contributed by atoms with van der Waals surface area (Å²) in [7, 11) is -3.68. The van der Waals surface area contributed by atoms with Crippen LogP contribution in [0.5, 0.6) is 0 Å². The number of hydrogen-bond acceptors (Lipinski definition) is 5. The molecule has 2 unspecified atom stereocenters. The summed E-state index contributed by atoms with van der Waals surface area (Å²) in [5.74, 6) is 0. The van der Waals surface area contributed by atoms with Gasteiger partial charge in [-0.25, -0.2) is 8.42 Å². The zero-order chi connectivity index (χ0) is 13.6. The van der Waals surface area contributed by atoms with Crippen molar-refractivity contribution in [3.05, 3.63) is 34.4 Å². The first-order valence-electron chi connectivity index (χ1n) is 5.19. The molecular weight excluding hydrogens is 260 g/mol. The van der Waals surface area contributed by atoms with Crippen LogP contribution in [0.2, 0.25) is 0 Å². The van der Waals surface area contributed by atoms with Crippen LogP contribution in [0.4, 0.5) is 5.69 Å². The molecule has 0 aliphatic carbocycles. The topological polar surface area (TPSA) is 101 Å². The van der Waals surface area contributed by atoms with Crippen LogP contribution in [0.15, 0.2) is 29.2 Å². The summed E-state index contributed by atoms with van der Waals surface area (Å²) in [6.07, 6.45) is 0. The maximum Gasteiger partial charge on any atom is 0.269 e. The molecule has 1 fully saturated rings. The van der Waals surface area contributed by atoms with Gasteiger partial charge in [0.05, 0.1) is 22.0 Å². The van der Waals surface area contributed by atoms with E-state index in [9.17, 15) is 18.5 Å². The van der Waals surface area contributed by atoms with E-state index >= 15 is 0 Å². The van der Waals surface area contributed by atoms with Crippen molar-refractivity contribution in [2.75, 3.05) is 13.2 Å². The predicted octanol–water partition coefficient (Wildman–Crippen LogP) is 0.350. The third-order valence-electron chi connectivity index (χ3n) is 2.96. The van der Waals surface area contributed by atoms with Crippen LogP contribution >= 0.6 is 0 Å². The maximum absolute atomic E-state index is 12.1. The van der Waals surface area contributed by atoms with Gasteiger partial charge in [0.1, 0.15) is 0 Å². The van der Waals surface area contributed by atoms with E-state index in [1.165, 1.54) is 16.4 Å². The Labute approximate surface area is 104 Å². The van der Waals surface area contributed by atoms with Crippen molar-refractivity contribution < 1.29 is 18.4 Å². The van der Waals surface area contributed by atoms with Crippen LogP contribution in [0.1, 0.15) is 6.92 Å². The fourth-order valence-corrected chi connectivity index (χ4v) is 3.47. The van der Waals surface area contributed by atoms with Crippen LogP contribution in [-0.4, -0.2) is 41.4 Å². The van der Waals surface area contributed by atoms with Gasteiger partial charge in [0.2, 0.25) is 10.0 Å². The third-order valence-corrected chi connectivity index (χ3v) is 4.98. The summed E-state index contributed by atoms with van der Waals surface area (Å²) in [6, 6.07) is 4.69. The molecule has 1 aliphatic heterocycles. The van der Waals surface area contributed by atoms with Gasteiger partial charge in [-0.2, -0.15) is 4.31 Å². The number of non-ortho nitro benzene ring substituents is 1. The molecule has 2 atom stereocenters. The van der Waals surface area contributed by atoms with E-state index in [-0.39, 0.29) is 23.7 Å². The molecule has 1 saturated heterocycles. The molecule has 1 aliphatic rings. The summed E-state index contributed by atoms with van der Waals surface area (Å²) >= 11 is 0. The molecule has 2 rings (SSSR count). The Morgan fingerprint density at radius 2 is 2.00 bits per heavy atom. The summed E-state index contributed by atoms with van der Waals surface area (Å²) in [5.41, 5.74) is -0.912. The molecule has 1 heterocycles. The van der Waals surface area contributed by atoms with Crippen LogP contribution < -0.4 is 0 Å². The van der Waals surface area contributed by atoms with E-state index in [1.54, 1.807) is 6.92 Å². The summed E-state index contributed by atoms with van der Waals surface area (Å²) in [4.78, 5) is 9.87. The highest BCUT2D eigenvalue weighted by molar-refractivity contribution is 7.89. The number of aliphatic hydroxyl groups is 1. The van der Waals surface area contributed by atoms with Gasteiger partial charge in [-0.05, 0) is 19.1 Å². The molecule has 1 N–H and O–H groups in total. The molecule has 0 bridgehead atoms. The molecule has 98 valence electrons. The fraction of sp³-hybridized carbons (Fsp3) is 0.400. The van der Waals surface area contributed by atoms with E-state index < -0.39 is 20.5 Å². The third kappa shape index (κ3) is 1.98. The minimum atomic E-state index is -3.68. The summed E-state index contributed by atoms with van der Waals surface area (Å²) in [5, 5.41) is 19.5. The summed E-state index contributed by atoms with van der Waals surface area (Å²) < 4.78 is 25.4. The second-order valence-electron chi connectivity index (χ2n) is 4.42. The largest absolute Gasteiger partial charge is 0.394 e. The number of nitro groups is 1. The van der Waals surface area contributed by atoms with Gasteiger partial charge in [-0.1, -0.05) is 0 Å². The molecule has 0 radical (unpaired) electrons. The monoisotopic (exact) mass is 272 g/mol. The molecule has 8 heteroatoms. The first-order chi connectivity index (χ1) is 8.31. The molecule has 1 aromatic rings. The van der Waals surface area contributed by atoms with Crippen molar-refractivity contribution in [3.63, 3.8) is 0 Å². The minimum Gasteiger partial charge on any atom is -0.394 e. The molecule has 0 spiro atoms. The smallest absolute Gasteiger partial charge is 0.269 e. The number of hydrogen-bond donors (Lipinski definition) is 1. The van der Waals surface area contributed by atoms with Gasteiger partial charge in [-0.15, -0.1) is 0 Å². The Balaban J connectivity index is 2.30. The van der Waals surface area contributed by atoms with Gasteiger partial charge in [0.15, 0.2) is 0 Å². The van der Waals surface area contributed by atoms with E-state index in [1.807, 2.05) is 0 Å². The van der Waals surface area contributed by atoms with Crippen LogP contribution in [0, 0.1) is 10.1 Å². The highest BCUT2D eigenvalue weighted by atomic mass is 32.2. The van der Waals surface area contributed by atoms with E-state index in [4.69, 9.17) is 5.11 Å². The predicted molar refractivity (Wildman–Crippen MR) is 62.5 cm³/mol. The highest BCUT2D eigenvalue weighted by Crippen LogP contribution is 2.37. The van der Waals surface area contributed by atoms with Crippen molar-refractivity contribution >= 4 is 15.7 Å². The van der Waals surface area contributed by atoms with Crippen molar-refractivity contribution in [1.82, 2.24) is 4.31 Å². The summed E-state index contributed by atoms with van der Waals surface area (Å²) in [6.45, 7) is 1.64. The van der Waals surface area contributed by atoms with E-state index in [0.717, 1.165) is 12.1 Å². The maximum atomic E-state index is 12.1. The molecule has 0 aromatic heterocycles. The standard InChI is InChI=1S/C10H12N2O5S/c1-10(7-13)6-11(10)18(16,17)9-4-2-8(3-5-9)12(14)15/h2-5,13H,6-7H2,1H3. The normalized spacial score (nSPS) is 26.9. The molecule has 1 aromatic carbocycles. The molecule has 18 heavy (non-hydrogen) atoms. The number of nitrogens with zero attached hydrogens (tertiary/aromatic N) is 2. The number of nitro benzene ring substituents is 1. The Bertz CT molecular complexity index is 583. The Morgan fingerprint density at radius 1 is 1.44 bits per heavy atom. The van der Waals surface area contributed by atoms with E-state index in [0.29, 0.717) is 0 Å². The van der Waals surface area contributed by atoms with Crippen LogP contribution in [0.3, 0.4) is 0 Å². The van der Waals surface area contributed by atoms with Gasteiger partial charge in [0.25, 0.3) is 5.69 Å². The van der Waals surface area contributed by atoms with E-state index in [2.05, 4.69) is 0 Å². The second-order valence-corrected chi connectivity index (χ2v) is 6.28. The highest BCUT2D eigenvalue weighted by Gasteiger charge is 2.55. The number of sulfonamides is 1. The van der Waals surface area contributed by atoms with Crippen LogP contribution in [0.25, 0.3) is 0 Å². The Kier molecular flexibility index (Phi) is 2.88. The number of aliphatic hydroxyl groups excluding tert-OH is 1. The van der Waals surface area contributed by atoms with Gasteiger partial charge >= 0.3 is 0 Å². The average Bonchev–Trinajstić information content (AvgIpc) is 3.03. The second kappa shape index (κ2) is 4.01. The lowest BCUT2D eigenvalue weighted by Crippen LogP contribution is -2.24. The van der Waals surface area contributed by atoms with Crippen LogP contribution in [-0.2, 0) is 10.0 Å². The lowest BCUT2D eigenvalue weighted by molar-refractivity contribution is -0.384. The van der Waals surface area contributed by atoms with Crippen molar-refractivity contribution in [2.24, 2.45) is 0 Å². The van der Waals surface area contributed by atoms with Gasteiger partial charge < -0.3 is 5.11 Å². The number of rotatable bonds is 4. The Morgan fingerprint density at radius 3 is 2.39 bits per heavy atom. The molecular formula is C10H12N2O5S. The van der Waals surface area contributed by atoms with Crippen molar-refractivity contribution in [2.45, 2.75) is 17.4 Å². The quantitative estimate of drug-likeness (QED) is 0.484. The molecule has 0 saturated carbocycles. The van der Waals surface area contributed by atoms with Crippen molar-refractivity contribution in [3.8, 4) is 0 Å². The molecule has 0 amide bonds. The fourth-order valence-electron chi connectivity index (χ4n) is 1.65. The lowest BCUT2D eigenvalue weighted by atomic mass is 10.2. The zero-order valence-corrected chi connectivity index (χ0v) is 10.4. The van der Waals surface area contributed by atoms with Gasteiger partial charge in [0, 0.05) is 18.7 Å². The minimum absolute atomic E-state index is 0.00900. The first kappa shape index (κ1) is 12.9. The SMILES string of the molecule is CC1(CO)CN1S(=O)(=O)c1ccc([N+](=O)[O-])cc1. The zero-order valence-electron chi connectivity index (χ0n) is 9.61. The van der Waals surface area contributed by atoms with Crippen molar-refractivity contribution in [1.29, 1.82) is 0 Å². The Hall–Kier alpha value is -1.51. The number of benzene rings is 1. The van der Waals surface area contributed by atoms with Gasteiger partial charge in [-0.3, -0.25) is 10.1 Å². The molecule has 7 nitrogen and oxygen atoms in total.